The van der Waals surface area contributed by atoms with Gasteiger partial charge in [-0.25, -0.2) is 8.42 Å². The van der Waals surface area contributed by atoms with Gasteiger partial charge in [-0.3, -0.25) is 13.9 Å². The Hall–Kier alpha value is -2.49. The van der Waals surface area contributed by atoms with Crippen LogP contribution in [0.15, 0.2) is 71.6 Å². The highest BCUT2D eigenvalue weighted by Crippen LogP contribution is 2.35. The second-order valence-electron chi connectivity index (χ2n) is 9.40. The van der Waals surface area contributed by atoms with Gasteiger partial charge >= 0.3 is 0 Å². The average molecular weight is 659 g/mol. The number of hydrogen-bond donors (Lipinski definition) is 1. The summed E-state index contributed by atoms with van der Waals surface area (Å²) in [7, 11) is -4.29. The number of amides is 2. The van der Waals surface area contributed by atoms with E-state index in [1.165, 1.54) is 29.2 Å². The summed E-state index contributed by atoms with van der Waals surface area (Å²) < 4.78 is 28.7. The third-order valence-electron chi connectivity index (χ3n) is 6.55. The lowest BCUT2D eigenvalue weighted by atomic mass is 10.1. The first-order valence-electron chi connectivity index (χ1n) is 13.0. The molecule has 0 fully saturated rings. The van der Waals surface area contributed by atoms with Crippen LogP contribution in [0, 0.1) is 0 Å². The van der Waals surface area contributed by atoms with Crippen molar-refractivity contribution in [2.45, 2.75) is 57.1 Å². The Bertz CT molecular complexity index is 1490. The second kappa shape index (κ2) is 14.6. The van der Waals surface area contributed by atoms with E-state index in [2.05, 4.69) is 5.32 Å². The lowest BCUT2D eigenvalue weighted by Crippen LogP contribution is -2.53. The third kappa shape index (κ3) is 8.08. The Morgan fingerprint density at radius 1 is 0.878 bits per heavy atom. The van der Waals surface area contributed by atoms with Crippen molar-refractivity contribution in [3.8, 4) is 0 Å². The van der Waals surface area contributed by atoms with Crippen LogP contribution in [0.3, 0.4) is 0 Å². The van der Waals surface area contributed by atoms with Crippen LogP contribution in [-0.4, -0.2) is 43.8 Å². The van der Waals surface area contributed by atoms with Gasteiger partial charge < -0.3 is 10.2 Å². The normalized spacial score (nSPS) is 12.9. The maximum absolute atomic E-state index is 14.1. The Balaban J connectivity index is 2.11. The van der Waals surface area contributed by atoms with Crippen LogP contribution < -0.4 is 9.62 Å². The molecule has 0 radical (unpaired) electrons. The van der Waals surface area contributed by atoms with Crippen molar-refractivity contribution in [2.24, 2.45) is 0 Å². The fourth-order valence-electron chi connectivity index (χ4n) is 4.11. The van der Waals surface area contributed by atoms with Crippen LogP contribution in [-0.2, 0) is 26.2 Å². The van der Waals surface area contributed by atoms with Gasteiger partial charge in [-0.05, 0) is 61.7 Å². The zero-order valence-electron chi connectivity index (χ0n) is 22.8. The molecule has 41 heavy (non-hydrogen) atoms. The predicted octanol–water partition coefficient (Wildman–Crippen LogP) is 7.22. The first-order chi connectivity index (χ1) is 19.4. The van der Waals surface area contributed by atoms with Gasteiger partial charge in [0, 0.05) is 22.6 Å². The highest BCUT2D eigenvalue weighted by Gasteiger charge is 2.35. The van der Waals surface area contributed by atoms with Crippen molar-refractivity contribution in [1.29, 1.82) is 0 Å². The number of nitrogens with zero attached hydrogens (tertiary/aromatic N) is 2. The monoisotopic (exact) mass is 657 g/mol. The SMILES string of the molecule is CC[C@@H](C)NC(=O)[C@@H](CC)N(Cc1ccc(Cl)cc1Cl)C(=O)CN(c1cccc(Cl)c1Cl)S(=O)(=O)c1ccccc1. The molecule has 3 aromatic carbocycles. The smallest absolute Gasteiger partial charge is 0.264 e. The Labute approximate surface area is 261 Å². The molecule has 1 N–H and O–H groups in total. The first kappa shape index (κ1) is 33.0. The number of halogens is 4. The molecule has 0 aliphatic rings. The number of hydrogen-bond acceptors (Lipinski definition) is 4. The molecule has 0 saturated carbocycles. The third-order valence-corrected chi connectivity index (χ3v) is 9.72. The van der Waals surface area contributed by atoms with E-state index in [-0.39, 0.29) is 45.5 Å². The van der Waals surface area contributed by atoms with Crippen LogP contribution in [0.5, 0.6) is 0 Å². The van der Waals surface area contributed by atoms with E-state index >= 15 is 0 Å². The summed E-state index contributed by atoms with van der Waals surface area (Å²) in [6, 6.07) is 16.0. The van der Waals surface area contributed by atoms with Gasteiger partial charge in [0.15, 0.2) is 0 Å². The summed E-state index contributed by atoms with van der Waals surface area (Å²) in [5.41, 5.74) is 0.565. The van der Waals surface area contributed by atoms with Crippen molar-refractivity contribution in [3.05, 3.63) is 92.4 Å². The van der Waals surface area contributed by atoms with E-state index in [0.29, 0.717) is 22.0 Å². The lowest BCUT2D eigenvalue weighted by Gasteiger charge is -2.34. The van der Waals surface area contributed by atoms with Crippen LogP contribution >= 0.6 is 46.4 Å². The summed E-state index contributed by atoms with van der Waals surface area (Å²) in [6.45, 7) is 4.85. The van der Waals surface area contributed by atoms with Gasteiger partial charge in [-0.2, -0.15) is 0 Å². The van der Waals surface area contributed by atoms with E-state index in [1.807, 2.05) is 13.8 Å². The Kier molecular flexibility index (Phi) is 11.8. The molecule has 0 unspecified atom stereocenters. The van der Waals surface area contributed by atoms with Crippen molar-refractivity contribution in [3.63, 3.8) is 0 Å². The molecule has 0 spiro atoms. The fourth-order valence-corrected chi connectivity index (χ4v) is 6.48. The van der Waals surface area contributed by atoms with E-state index < -0.39 is 28.5 Å². The van der Waals surface area contributed by atoms with Gasteiger partial charge in [0.1, 0.15) is 12.6 Å². The van der Waals surface area contributed by atoms with E-state index in [9.17, 15) is 18.0 Å². The van der Waals surface area contributed by atoms with E-state index in [4.69, 9.17) is 46.4 Å². The highest BCUT2D eigenvalue weighted by atomic mass is 35.5. The summed E-state index contributed by atoms with van der Waals surface area (Å²) in [5.74, 6) is -1.00. The van der Waals surface area contributed by atoms with Gasteiger partial charge in [0.2, 0.25) is 11.8 Å². The highest BCUT2D eigenvalue weighted by molar-refractivity contribution is 7.92. The second-order valence-corrected chi connectivity index (χ2v) is 12.9. The molecule has 2 atom stereocenters. The molecule has 7 nitrogen and oxygen atoms in total. The molecule has 12 heteroatoms. The maximum Gasteiger partial charge on any atom is 0.264 e. The van der Waals surface area contributed by atoms with Crippen LogP contribution in [0.4, 0.5) is 5.69 Å². The zero-order valence-corrected chi connectivity index (χ0v) is 26.6. The first-order valence-corrected chi connectivity index (χ1v) is 15.9. The molecule has 0 bridgehead atoms. The van der Waals surface area contributed by atoms with E-state index in [0.717, 1.165) is 4.31 Å². The molecule has 0 saturated heterocycles. The fraction of sp³-hybridized carbons (Fsp3) is 0.310. The maximum atomic E-state index is 14.1. The molecule has 0 heterocycles. The van der Waals surface area contributed by atoms with E-state index in [1.54, 1.807) is 49.4 Å². The van der Waals surface area contributed by atoms with Crippen molar-refractivity contribution < 1.29 is 18.0 Å². The Morgan fingerprint density at radius 3 is 2.17 bits per heavy atom. The number of rotatable bonds is 12. The lowest BCUT2D eigenvalue weighted by molar-refractivity contribution is -0.140. The number of carbonyl (C=O) groups is 2. The minimum Gasteiger partial charge on any atom is -0.352 e. The summed E-state index contributed by atoms with van der Waals surface area (Å²) in [6.07, 6.45) is 0.956. The van der Waals surface area contributed by atoms with Crippen LogP contribution in [0.2, 0.25) is 20.1 Å². The largest absolute Gasteiger partial charge is 0.352 e. The predicted molar refractivity (Wildman–Crippen MR) is 166 cm³/mol. The zero-order chi connectivity index (χ0) is 30.3. The number of carbonyl (C=O) groups excluding carboxylic acids is 2. The molecule has 3 aromatic rings. The summed E-state index contributed by atoms with van der Waals surface area (Å²) in [4.78, 5) is 28.8. The molecule has 0 aliphatic heterocycles. The standard InChI is InChI=1S/C29H31Cl4N3O4S/c1-4-19(3)34-29(38)25(5-2)35(17-20-14-15-21(30)16-24(20)32)27(37)18-36(26-13-9-12-23(31)28(26)33)41(39,40)22-10-7-6-8-11-22/h6-16,19,25H,4-5,17-18H2,1-3H3,(H,34,38)/t19-,25-/m1/s1. The van der Waals surface area contributed by atoms with Crippen molar-refractivity contribution in [2.75, 3.05) is 10.8 Å². The quantitative estimate of drug-likeness (QED) is 0.223. The average Bonchev–Trinajstić information content (AvgIpc) is 2.94. The number of sulfonamides is 1. The van der Waals surface area contributed by atoms with Crippen molar-refractivity contribution in [1.82, 2.24) is 10.2 Å². The number of anilines is 1. The topological polar surface area (TPSA) is 86.8 Å². The van der Waals surface area contributed by atoms with Crippen LogP contribution in [0.25, 0.3) is 0 Å². The van der Waals surface area contributed by atoms with Gasteiger partial charge in [-0.15, -0.1) is 0 Å². The summed E-state index contributed by atoms with van der Waals surface area (Å²) in [5, 5.41) is 3.73. The number of benzene rings is 3. The molecular weight excluding hydrogens is 628 g/mol. The van der Waals surface area contributed by atoms with Gasteiger partial charge in [0.05, 0.1) is 20.6 Å². The van der Waals surface area contributed by atoms with Gasteiger partial charge in [0.25, 0.3) is 10.0 Å². The van der Waals surface area contributed by atoms with Crippen molar-refractivity contribution >= 4 is 73.9 Å². The summed E-state index contributed by atoms with van der Waals surface area (Å²) >= 11 is 25.2. The molecule has 3 rings (SSSR count). The molecule has 0 aliphatic carbocycles. The number of nitrogens with one attached hydrogen (secondary N) is 1. The molecule has 0 aromatic heterocycles. The molecule has 2 amide bonds. The minimum atomic E-state index is -4.29. The van der Waals surface area contributed by atoms with Crippen LogP contribution in [0.1, 0.15) is 39.2 Å². The van der Waals surface area contributed by atoms with Gasteiger partial charge in [-0.1, -0.05) is 90.6 Å². The molecular formula is C29H31Cl4N3O4S. The molecule has 220 valence electrons. The minimum absolute atomic E-state index is 0.0259. The Morgan fingerprint density at radius 2 is 1.56 bits per heavy atom.